The first-order valence-corrected chi connectivity index (χ1v) is 9.00. The third-order valence-electron chi connectivity index (χ3n) is 5.22. The average Bonchev–Trinajstić information content (AvgIpc) is 2.98. The molecule has 1 saturated heterocycles. The minimum Gasteiger partial charge on any atom is -0.504 e. The third kappa shape index (κ3) is 3.68. The number of carbonyl (C=O) groups is 1. The van der Waals surface area contributed by atoms with Crippen LogP contribution in [0.1, 0.15) is 17.2 Å². The number of benzene rings is 2. The van der Waals surface area contributed by atoms with E-state index in [-0.39, 0.29) is 17.9 Å². The normalized spacial score (nSPS) is 23.6. The molecule has 1 aliphatic heterocycles. The first-order chi connectivity index (χ1) is 13.9. The molecule has 0 radical (unpaired) electrons. The molecule has 1 heterocycles. The van der Waals surface area contributed by atoms with Crippen molar-refractivity contribution in [3.05, 3.63) is 47.5 Å². The Morgan fingerprint density at radius 3 is 2.31 bits per heavy atom. The van der Waals surface area contributed by atoms with E-state index in [1.54, 1.807) is 24.3 Å². The zero-order chi connectivity index (χ0) is 21.2. The van der Waals surface area contributed by atoms with Crippen molar-refractivity contribution in [1.29, 1.82) is 0 Å². The second kappa shape index (κ2) is 8.18. The van der Waals surface area contributed by atoms with Crippen molar-refractivity contribution in [3.63, 3.8) is 0 Å². The molecule has 0 aromatic heterocycles. The number of hydrogen-bond acceptors (Lipinski definition) is 8. The SMILES string of the molecule is COc1cc(C2OC(=O)C(O)(Cc3ccc(OC)c(OC)c3)C2CO)ccc1O. The zero-order valence-corrected chi connectivity index (χ0v) is 16.4. The van der Waals surface area contributed by atoms with Crippen LogP contribution in [0, 0.1) is 5.92 Å². The predicted molar refractivity (Wildman–Crippen MR) is 102 cm³/mol. The fourth-order valence-corrected chi connectivity index (χ4v) is 3.62. The molecule has 2 aromatic rings. The van der Waals surface area contributed by atoms with Gasteiger partial charge in [-0.25, -0.2) is 4.79 Å². The van der Waals surface area contributed by atoms with Gasteiger partial charge in [0.05, 0.1) is 33.9 Å². The molecule has 8 nitrogen and oxygen atoms in total. The molecule has 1 fully saturated rings. The van der Waals surface area contributed by atoms with E-state index in [9.17, 15) is 20.1 Å². The minimum absolute atomic E-state index is 0.0679. The van der Waals surface area contributed by atoms with Crippen LogP contribution in [0.4, 0.5) is 0 Å². The number of ether oxygens (including phenoxy) is 4. The summed E-state index contributed by atoms with van der Waals surface area (Å²) in [4.78, 5) is 12.6. The van der Waals surface area contributed by atoms with Gasteiger partial charge in [-0.1, -0.05) is 12.1 Å². The van der Waals surface area contributed by atoms with Crippen LogP contribution in [0.25, 0.3) is 0 Å². The summed E-state index contributed by atoms with van der Waals surface area (Å²) in [7, 11) is 4.40. The Hall–Kier alpha value is -2.97. The first kappa shape index (κ1) is 20.8. The number of rotatable bonds is 7. The lowest BCUT2D eigenvalue weighted by Crippen LogP contribution is -2.45. The fourth-order valence-electron chi connectivity index (χ4n) is 3.62. The Morgan fingerprint density at radius 2 is 1.69 bits per heavy atom. The molecule has 0 saturated carbocycles. The molecule has 0 spiro atoms. The number of methoxy groups -OCH3 is 3. The maximum absolute atomic E-state index is 12.6. The van der Waals surface area contributed by atoms with Crippen molar-refractivity contribution in [1.82, 2.24) is 0 Å². The van der Waals surface area contributed by atoms with Gasteiger partial charge >= 0.3 is 5.97 Å². The summed E-state index contributed by atoms with van der Waals surface area (Å²) in [6, 6.07) is 9.52. The maximum Gasteiger partial charge on any atom is 0.339 e. The van der Waals surface area contributed by atoms with E-state index in [1.807, 2.05) is 0 Å². The van der Waals surface area contributed by atoms with E-state index in [2.05, 4.69) is 0 Å². The highest BCUT2D eigenvalue weighted by molar-refractivity contribution is 5.83. The number of aliphatic hydroxyl groups is 2. The highest BCUT2D eigenvalue weighted by atomic mass is 16.6. The van der Waals surface area contributed by atoms with Gasteiger partial charge in [-0.2, -0.15) is 0 Å². The van der Waals surface area contributed by atoms with Crippen LogP contribution in [0.2, 0.25) is 0 Å². The summed E-state index contributed by atoms with van der Waals surface area (Å²) in [5, 5.41) is 31.0. The maximum atomic E-state index is 12.6. The quantitative estimate of drug-likeness (QED) is 0.596. The number of phenols is 1. The summed E-state index contributed by atoms with van der Waals surface area (Å²) in [5.41, 5.74) is -0.829. The number of aliphatic hydroxyl groups excluding tert-OH is 1. The summed E-state index contributed by atoms with van der Waals surface area (Å²) in [5.74, 6) is -0.640. The summed E-state index contributed by atoms with van der Waals surface area (Å²) >= 11 is 0. The standard InChI is InChI=1S/C21H24O8/c1-26-16-7-4-12(8-18(16)28-3)10-21(25)14(11-22)19(29-20(21)24)13-5-6-15(23)17(9-13)27-2/h4-9,14,19,22-23,25H,10-11H2,1-3H3. The summed E-state index contributed by atoms with van der Waals surface area (Å²) in [6.07, 6.45) is -0.976. The number of hydrogen-bond donors (Lipinski definition) is 3. The molecule has 156 valence electrons. The second-order valence-electron chi connectivity index (χ2n) is 6.84. The Morgan fingerprint density at radius 1 is 1.00 bits per heavy atom. The molecule has 3 unspecified atom stereocenters. The molecule has 2 aromatic carbocycles. The van der Waals surface area contributed by atoms with Crippen LogP contribution in [0.15, 0.2) is 36.4 Å². The highest BCUT2D eigenvalue weighted by Gasteiger charge is 2.56. The number of aromatic hydroxyl groups is 1. The molecule has 3 N–H and O–H groups in total. The van der Waals surface area contributed by atoms with Crippen LogP contribution in [-0.2, 0) is 16.0 Å². The molecule has 1 aliphatic rings. The van der Waals surface area contributed by atoms with Gasteiger partial charge in [-0.05, 0) is 35.4 Å². The zero-order valence-electron chi connectivity index (χ0n) is 16.4. The Balaban J connectivity index is 1.93. The summed E-state index contributed by atoms with van der Waals surface area (Å²) < 4.78 is 21.0. The van der Waals surface area contributed by atoms with Crippen molar-refractivity contribution in [2.45, 2.75) is 18.1 Å². The lowest BCUT2D eigenvalue weighted by atomic mass is 9.80. The van der Waals surface area contributed by atoms with Crippen molar-refractivity contribution in [2.24, 2.45) is 5.92 Å². The number of esters is 1. The van der Waals surface area contributed by atoms with Crippen LogP contribution < -0.4 is 14.2 Å². The predicted octanol–water partition coefficient (Wildman–Crippen LogP) is 1.60. The lowest BCUT2D eigenvalue weighted by molar-refractivity contribution is -0.156. The molecule has 29 heavy (non-hydrogen) atoms. The van der Waals surface area contributed by atoms with Gasteiger partial charge in [0.25, 0.3) is 0 Å². The van der Waals surface area contributed by atoms with E-state index in [1.165, 1.54) is 33.5 Å². The Bertz CT molecular complexity index is 896. The van der Waals surface area contributed by atoms with Crippen LogP contribution in [-0.4, -0.2) is 54.8 Å². The van der Waals surface area contributed by atoms with E-state index < -0.39 is 30.2 Å². The van der Waals surface area contributed by atoms with Gasteiger partial charge in [0.1, 0.15) is 6.10 Å². The Kier molecular flexibility index (Phi) is 5.86. The van der Waals surface area contributed by atoms with Crippen molar-refractivity contribution in [2.75, 3.05) is 27.9 Å². The first-order valence-electron chi connectivity index (χ1n) is 9.00. The van der Waals surface area contributed by atoms with Crippen molar-refractivity contribution < 1.29 is 39.1 Å². The van der Waals surface area contributed by atoms with E-state index in [0.29, 0.717) is 22.6 Å². The second-order valence-corrected chi connectivity index (χ2v) is 6.84. The van der Waals surface area contributed by atoms with E-state index >= 15 is 0 Å². The Labute approximate surface area is 168 Å². The topological polar surface area (TPSA) is 115 Å². The number of carbonyl (C=O) groups excluding carboxylic acids is 1. The monoisotopic (exact) mass is 404 g/mol. The molecule has 0 aliphatic carbocycles. The molecular weight excluding hydrogens is 380 g/mol. The largest absolute Gasteiger partial charge is 0.504 e. The molecule has 3 atom stereocenters. The lowest BCUT2D eigenvalue weighted by Gasteiger charge is -2.26. The van der Waals surface area contributed by atoms with E-state index in [4.69, 9.17) is 18.9 Å². The van der Waals surface area contributed by atoms with Crippen LogP contribution in [0.3, 0.4) is 0 Å². The summed E-state index contributed by atoms with van der Waals surface area (Å²) in [6.45, 7) is -0.483. The number of cyclic esters (lactones) is 1. The molecular formula is C21H24O8. The highest BCUT2D eigenvalue weighted by Crippen LogP contribution is 2.45. The van der Waals surface area contributed by atoms with Gasteiger partial charge in [0, 0.05) is 6.42 Å². The molecule has 8 heteroatoms. The van der Waals surface area contributed by atoms with Gasteiger partial charge in [0.2, 0.25) is 0 Å². The average molecular weight is 404 g/mol. The minimum atomic E-state index is -1.94. The smallest absolute Gasteiger partial charge is 0.339 e. The fraction of sp³-hybridized carbons (Fsp3) is 0.381. The molecule has 0 amide bonds. The molecule has 3 rings (SSSR count). The van der Waals surface area contributed by atoms with Gasteiger partial charge in [-0.3, -0.25) is 0 Å². The van der Waals surface area contributed by atoms with Gasteiger partial charge in [0.15, 0.2) is 28.6 Å². The third-order valence-corrected chi connectivity index (χ3v) is 5.22. The number of phenolic OH excluding ortho intramolecular Hbond substituents is 1. The van der Waals surface area contributed by atoms with Crippen LogP contribution in [0.5, 0.6) is 23.0 Å². The van der Waals surface area contributed by atoms with E-state index in [0.717, 1.165) is 0 Å². The van der Waals surface area contributed by atoms with Gasteiger partial charge < -0.3 is 34.3 Å². The van der Waals surface area contributed by atoms with Crippen molar-refractivity contribution in [3.8, 4) is 23.0 Å². The van der Waals surface area contributed by atoms with Gasteiger partial charge in [-0.15, -0.1) is 0 Å². The molecule has 0 bridgehead atoms. The van der Waals surface area contributed by atoms with Crippen molar-refractivity contribution >= 4 is 5.97 Å². The van der Waals surface area contributed by atoms with Crippen LogP contribution >= 0.6 is 0 Å².